The molecule has 1 aromatic carbocycles. The van der Waals surface area contributed by atoms with Crippen LogP contribution in [0.5, 0.6) is 0 Å². The van der Waals surface area contributed by atoms with Crippen LogP contribution in [0.15, 0.2) is 18.2 Å². The van der Waals surface area contributed by atoms with Crippen LogP contribution in [0.4, 0.5) is 0 Å². The van der Waals surface area contributed by atoms with E-state index in [-0.39, 0.29) is 12.1 Å². The molecule has 2 atom stereocenters. The molecule has 0 aliphatic carbocycles. The fourth-order valence-electron chi connectivity index (χ4n) is 2.27. The zero-order valence-corrected chi connectivity index (χ0v) is 12.2. The van der Waals surface area contributed by atoms with Crippen LogP contribution in [0.2, 0.25) is 0 Å². The number of benzene rings is 1. The Hall–Kier alpha value is -0.900. The van der Waals surface area contributed by atoms with Crippen molar-refractivity contribution in [3.05, 3.63) is 34.9 Å². The third-order valence-electron chi connectivity index (χ3n) is 3.50. The summed E-state index contributed by atoms with van der Waals surface area (Å²) in [6.45, 7) is 7.84. The van der Waals surface area contributed by atoms with E-state index in [1.807, 2.05) is 0 Å². The summed E-state index contributed by atoms with van der Waals surface area (Å²) in [5, 5.41) is 0. The Balaban J connectivity index is 2.91. The molecule has 0 saturated heterocycles. The van der Waals surface area contributed by atoms with Gasteiger partial charge in [-0.2, -0.15) is 0 Å². The first kappa shape index (κ1) is 15.2. The average molecular weight is 250 g/mol. The minimum Gasteiger partial charge on any atom is -0.380 e. The maximum Gasteiger partial charge on any atom is 0.0670 e. The van der Waals surface area contributed by atoms with Gasteiger partial charge in [-0.3, -0.25) is 4.90 Å². The van der Waals surface area contributed by atoms with E-state index in [9.17, 15) is 0 Å². The number of hydrogen-bond donors (Lipinski definition) is 1. The maximum absolute atomic E-state index is 5.96. The molecule has 1 rings (SSSR count). The Morgan fingerprint density at radius 2 is 2.00 bits per heavy atom. The molecule has 0 aliphatic heterocycles. The molecule has 0 saturated carbocycles. The quantitative estimate of drug-likeness (QED) is 0.841. The summed E-state index contributed by atoms with van der Waals surface area (Å²) in [6.07, 6.45) is 0.217. The van der Waals surface area contributed by atoms with Gasteiger partial charge < -0.3 is 10.5 Å². The Morgan fingerprint density at radius 3 is 2.56 bits per heavy atom. The summed E-state index contributed by atoms with van der Waals surface area (Å²) < 4.78 is 5.32. The molecule has 0 heterocycles. The highest BCUT2D eigenvalue weighted by Crippen LogP contribution is 2.23. The number of hydrogen-bond acceptors (Lipinski definition) is 3. The molecular weight excluding hydrogens is 224 g/mol. The summed E-state index contributed by atoms with van der Waals surface area (Å²) in [7, 11) is 3.85. The normalized spacial score (nSPS) is 14.8. The Bertz CT molecular complexity index is 379. The van der Waals surface area contributed by atoms with Gasteiger partial charge in [-0.1, -0.05) is 23.8 Å². The lowest BCUT2D eigenvalue weighted by Crippen LogP contribution is -2.36. The molecule has 3 nitrogen and oxygen atoms in total. The molecule has 0 aliphatic rings. The van der Waals surface area contributed by atoms with Gasteiger partial charge in [0.25, 0.3) is 0 Å². The summed E-state index contributed by atoms with van der Waals surface area (Å²) >= 11 is 0. The van der Waals surface area contributed by atoms with Gasteiger partial charge in [-0.05, 0) is 38.9 Å². The molecule has 0 amide bonds. The predicted molar refractivity (Wildman–Crippen MR) is 76.8 cm³/mol. The van der Waals surface area contributed by atoms with Crippen LogP contribution in [0.25, 0.3) is 0 Å². The van der Waals surface area contributed by atoms with E-state index in [0.29, 0.717) is 6.54 Å². The first-order chi connectivity index (χ1) is 8.49. The molecule has 1 aromatic rings. The van der Waals surface area contributed by atoms with Gasteiger partial charge in [-0.25, -0.2) is 0 Å². The molecule has 0 radical (unpaired) electrons. The Labute approximate surface area is 111 Å². The van der Waals surface area contributed by atoms with Gasteiger partial charge >= 0.3 is 0 Å². The first-order valence-corrected chi connectivity index (χ1v) is 6.49. The number of rotatable bonds is 6. The van der Waals surface area contributed by atoms with E-state index < -0.39 is 0 Å². The minimum atomic E-state index is 0.217. The zero-order valence-electron chi connectivity index (χ0n) is 12.2. The van der Waals surface area contributed by atoms with Crippen molar-refractivity contribution in [2.24, 2.45) is 5.73 Å². The average Bonchev–Trinajstić information content (AvgIpc) is 2.34. The number of aryl methyl sites for hydroxylation is 2. The number of ether oxygens (including phenoxy) is 1. The number of likely N-dealkylation sites (N-methyl/N-ethyl adjacent to an activating group) is 1. The molecule has 0 aromatic heterocycles. The lowest BCUT2D eigenvalue weighted by molar-refractivity contribution is 0.0724. The van der Waals surface area contributed by atoms with Crippen LogP contribution >= 0.6 is 0 Å². The van der Waals surface area contributed by atoms with Crippen molar-refractivity contribution in [3.8, 4) is 0 Å². The molecule has 0 spiro atoms. The zero-order chi connectivity index (χ0) is 13.7. The van der Waals surface area contributed by atoms with Crippen LogP contribution in [0, 0.1) is 13.8 Å². The minimum absolute atomic E-state index is 0.217. The van der Waals surface area contributed by atoms with Gasteiger partial charge in [0, 0.05) is 26.2 Å². The Kier molecular flexibility index (Phi) is 5.79. The second kappa shape index (κ2) is 6.88. The fourth-order valence-corrected chi connectivity index (χ4v) is 2.27. The van der Waals surface area contributed by atoms with E-state index in [4.69, 9.17) is 10.5 Å². The second-order valence-electron chi connectivity index (χ2n) is 5.10. The molecular formula is C15H26N2O. The van der Waals surface area contributed by atoms with E-state index in [1.54, 1.807) is 7.11 Å². The summed E-state index contributed by atoms with van der Waals surface area (Å²) in [4.78, 5) is 2.27. The van der Waals surface area contributed by atoms with Crippen molar-refractivity contribution in [2.75, 3.05) is 27.2 Å². The van der Waals surface area contributed by atoms with Gasteiger partial charge in [0.05, 0.1) is 6.10 Å². The van der Waals surface area contributed by atoms with Crippen molar-refractivity contribution in [2.45, 2.75) is 32.9 Å². The summed E-state index contributed by atoms with van der Waals surface area (Å²) in [6, 6.07) is 6.80. The van der Waals surface area contributed by atoms with Crippen molar-refractivity contribution >= 4 is 0 Å². The molecule has 0 fully saturated rings. The van der Waals surface area contributed by atoms with Crippen LogP contribution in [-0.4, -0.2) is 38.3 Å². The van der Waals surface area contributed by atoms with Crippen molar-refractivity contribution in [1.29, 1.82) is 0 Å². The molecule has 102 valence electrons. The van der Waals surface area contributed by atoms with E-state index in [2.05, 4.69) is 50.9 Å². The van der Waals surface area contributed by atoms with Crippen molar-refractivity contribution in [1.82, 2.24) is 4.90 Å². The van der Waals surface area contributed by atoms with Gasteiger partial charge in [0.1, 0.15) is 0 Å². The van der Waals surface area contributed by atoms with Gasteiger partial charge in [0.15, 0.2) is 0 Å². The highest BCUT2D eigenvalue weighted by atomic mass is 16.5. The number of nitrogens with two attached hydrogens (primary N) is 1. The smallest absolute Gasteiger partial charge is 0.0670 e. The molecule has 18 heavy (non-hydrogen) atoms. The lowest BCUT2D eigenvalue weighted by atomic mass is 9.98. The molecule has 3 heteroatoms. The van der Waals surface area contributed by atoms with E-state index in [1.165, 1.54) is 16.7 Å². The first-order valence-electron chi connectivity index (χ1n) is 6.49. The molecule has 0 bridgehead atoms. The fraction of sp³-hybridized carbons (Fsp3) is 0.600. The topological polar surface area (TPSA) is 38.5 Å². The third kappa shape index (κ3) is 3.80. The standard InChI is InChI=1S/C15H26N2O/c1-11-6-7-12(2)14(8-11)15(9-16)17(4)10-13(3)18-5/h6-8,13,15H,9-10,16H2,1-5H3. The van der Waals surface area contributed by atoms with Gasteiger partial charge in [0.2, 0.25) is 0 Å². The molecule has 2 N–H and O–H groups in total. The number of methoxy groups -OCH3 is 1. The highest BCUT2D eigenvalue weighted by molar-refractivity contribution is 5.33. The molecule has 2 unspecified atom stereocenters. The predicted octanol–water partition coefficient (Wildman–Crippen LogP) is 2.27. The SMILES string of the molecule is COC(C)CN(C)C(CN)c1cc(C)ccc1C. The third-order valence-corrected chi connectivity index (χ3v) is 3.50. The second-order valence-corrected chi connectivity index (χ2v) is 5.10. The summed E-state index contributed by atoms with van der Waals surface area (Å²) in [5.74, 6) is 0. The lowest BCUT2D eigenvalue weighted by Gasteiger charge is -2.30. The Morgan fingerprint density at radius 1 is 1.33 bits per heavy atom. The van der Waals surface area contributed by atoms with Crippen molar-refractivity contribution in [3.63, 3.8) is 0 Å². The van der Waals surface area contributed by atoms with E-state index in [0.717, 1.165) is 6.54 Å². The van der Waals surface area contributed by atoms with Crippen LogP contribution < -0.4 is 5.73 Å². The number of nitrogens with zero attached hydrogens (tertiary/aromatic N) is 1. The maximum atomic E-state index is 5.96. The van der Waals surface area contributed by atoms with Crippen LogP contribution in [0.3, 0.4) is 0 Å². The van der Waals surface area contributed by atoms with Crippen molar-refractivity contribution < 1.29 is 4.74 Å². The van der Waals surface area contributed by atoms with Crippen LogP contribution in [0.1, 0.15) is 29.7 Å². The highest BCUT2D eigenvalue weighted by Gasteiger charge is 2.19. The van der Waals surface area contributed by atoms with Gasteiger partial charge in [-0.15, -0.1) is 0 Å². The van der Waals surface area contributed by atoms with E-state index >= 15 is 0 Å². The summed E-state index contributed by atoms with van der Waals surface area (Å²) in [5.41, 5.74) is 9.86. The monoisotopic (exact) mass is 250 g/mol. The van der Waals surface area contributed by atoms with Crippen LogP contribution in [-0.2, 0) is 4.74 Å². The largest absolute Gasteiger partial charge is 0.380 e.